The van der Waals surface area contributed by atoms with E-state index in [1.54, 1.807) is 0 Å². The Morgan fingerprint density at radius 1 is 1.70 bits per heavy atom. The zero-order chi connectivity index (χ0) is 7.40. The van der Waals surface area contributed by atoms with Crippen LogP contribution in [-0.4, -0.2) is 0 Å². The molecule has 0 aromatic rings. The van der Waals surface area contributed by atoms with Crippen molar-refractivity contribution in [1.29, 1.82) is 0 Å². The van der Waals surface area contributed by atoms with Crippen molar-refractivity contribution in [3.05, 3.63) is 29.5 Å². The molecule has 0 bridgehead atoms. The first-order chi connectivity index (χ1) is 4.84. The Labute approximate surface area is 62.9 Å². The Morgan fingerprint density at radius 3 is 3.00 bits per heavy atom. The van der Waals surface area contributed by atoms with Crippen LogP contribution in [-0.2, 0) is 0 Å². The molecule has 0 fully saturated rings. The van der Waals surface area contributed by atoms with E-state index in [1.165, 1.54) is 12.0 Å². The van der Waals surface area contributed by atoms with Crippen molar-refractivity contribution in [2.45, 2.75) is 26.7 Å². The maximum Gasteiger partial charge on any atom is -0.00565 e. The van der Waals surface area contributed by atoms with Gasteiger partial charge in [-0.25, -0.2) is 0 Å². The zero-order valence-corrected chi connectivity index (χ0v) is 6.72. The second-order valence-electron chi connectivity index (χ2n) is 2.78. The van der Waals surface area contributed by atoms with Crippen LogP contribution < -0.4 is 0 Å². The Hall–Kier alpha value is -0.740. The molecule has 0 amide bonds. The van der Waals surface area contributed by atoms with Gasteiger partial charge in [-0.2, -0.15) is 0 Å². The van der Waals surface area contributed by atoms with E-state index < -0.39 is 0 Å². The lowest BCUT2D eigenvalue weighted by Gasteiger charge is -2.10. The smallest absolute Gasteiger partial charge is 0.00565 e. The predicted octanol–water partition coefficient (Wildman–Crippen LogP) is 3.07. The van der Waals surface area contributed by atoms with Gasteiger partial charge in [0.05, 0.1) is 0 Å². The van der Waals surface area contributed by atoms with E-state index in [-0.39, 0.29) is 0 Å². The average Bonchev–Trinajstić information content (AvgIpc) is 2.05. The fourth-order valence-corrected chi connectivity index (χ4v) is 1.07. The molecule has 0 saturated carbocycles. The minimum absolute atomic E-state index is 0.709. The molecular weight excluding hydrogens is 120 g/mol. The van der Waals surface area contributed by atoms with Crippen molar-refractivity contribution in [2.75, 3.05) is 0 Å². The summed E-state index contributed by atoms with van der Waals surface area (Å²) in [6.07, 6.45) is 8.59. The van der Waals surface area contributed by atoms with Crippen LogP contribution in [0.15, 0.2) is 29.5 Å². The molecule has 0 heteroatoms. The lowest BCUT2D eigenvalue weighted by molar-refractivity contribution is 0.642. The average molecular weight is 134 g/mol. The van der Waals surface area contributed by atoms with Crippen LogP contribution in [0.4, 0.5) is 0 Å². The summed E-state index contributed by atoms with van der Waals surface area (Å²) in [4.78, 5) is 0. The molecule has 54 valence electrons. The summed E-state index contributed by atoms with van der Waals surface area (Å²) in [7, 11) is 0. The minimum atomic E-state index is 0.709. The maximum atomic E-state index is 3.27. The summed E-state index contributed by atoms with van der Waals surface area (Å²) in [6, 6.07) is 0. The quantitative estimate of drug-likeness (QED) is 0.509. The first-order valence-electron chi connectivity index (χ1n) is 3.95. The normalized spacial score (nSPS) is 18.8. The van der Waals surface area contributed by atoms with Crippen LogP contribution in [0.25, 0.3) is 0 Å². The summed E-state index contributed by atoms with van der Waals surface area (Å²) >= 11 is 0. The van der Waals surface area contributed by atoms with E-state index in [1.807, 2.05) is 6.08 Å². The van der Waals surface area contributed by atoms with E-state index in [2.05, 4.69) is 31.7 Å². The molecule has 0 nitrogen and oxygen atoms in total. The van der Waals surface area contributed by atoms with Gasteiger partial charge in [-0.15, -0.1) is 5.73 Å². The SMILES string of the molecule is CC[C@H](C)C1=C=CC=CC1. The molecule has 1 aliphatic carbocycles. The van der Waals surface area contributed by atoms with Crippen molar-refractivity contribution in [1.82, 2.24) is 0 Å². The second kappa shape index (κ2) is 3.43. The third-order valence-electron chi connectivity index (χ3n) is 2.05. The molecule has 1 aliphatic rings. The minimum Gasteiger partial charge on any atom is -0.121 e. The number of hydrogen-bond donors (Lipinski definition) is 0. The topological polar surface area (TPSA) is 0 Å². The summed E-state index contributed by atoms with van der Waals surface area (Å²) in [5.74, 6) is 0.709. The monoisotopic (exact) mass is 134 g/mol. The van der Waals surface area contributed by atoms with E-state index >= 15 is 0 Å². The van der Waals surface area contributed by atoms with Gasteiger partial charge in [-0.1, -0.05) is 26.0 Å². The van der Waals surface area contributed by atoms with Crippen LogP contribution in [0.5, 0.6) is 0 Å². The molecule has 0 N–H and O–H groups in total. The van der Waals surface area contributed by atoms with Crippen molar-refractivity contribution in [3.8, 4) is 0 Å². The van der Waals surface area contributed by atoms with Gasteiger partial charge >= 0.3 is 0 Å². The highest BCUT2D eigenvalue weighted by Crippen LogP contribution is 2.18. The third-order valence-corrected chi connectivity index (χ3v) is 2.05. The standard InChI is InChI=1S/C10H14/c1-3-9(2)10-7-5-4-6-8-10/h4-6,9H,3,7H2,1-2H3/t9-/m0/s1. The van der Waals surface area contributed by atoms with Gasteiger partial charge in [0.1, 0.15) is 0 Å². The molecule has 0 aromatic carbocycles. The summed E-state index contributed by atoms with van der Waals surface area (Å²) in [6.45, 7) is 4.48. The van der Waals surface area contributed by atoms with Crippen LogP contribution in [0, 0.1) is 5.92 Å². The molecule has 1 atom stereocenters. The molecule has 0 radical (unpaired) electrons. The maximum absolute atomic E-state index is 3.27. The second-order valence-corrected chi connectivity index (χ2v) is 2.78. The predicted molar refractivity (Wildman–Crippen MR) is 44.8 cm³/mol. The van der Waals surface area contributed by atoms with Crippen molar-refractivity contribution in [2.24, 2.45) is 5.92 Å². The molecule has 10 heavy (non-hydrogen) atoms. The van der Waals surface area contributed by atoms with Gasteiger partial charge in [0, 0.05) is 0 Å². The molecule has 0 aromatic heterocycles. The molecule has 0 aliphatic heterocycles. The summed E-state index contributed by atoms with van der Waals surface area (Å²) < 4.78 is 0. The fourth-order valence-electron chi connectivity index (χ4n) is 1.07. The van der Waals surface area contributed by atoms with Crippen LogP contribution in [0.1, 0.15) is 26.7 Å². The highest BCUT2D eigenvalue weighted by atomic mass is 14.1. The molecular formula is C10H14. The van der Waals surface area contributed by atoms with E-state index in [0.717, 1.165) is 6.42 Å². The largest absolute Gasteiger partial charge is 0.121 e. The highest BCUT2D eigenvalue weighted by Gasteiger charge is 2.04. The molecule has 0 saturated heterocycles. The van der Waals surface area contributed by atoms with E-state index in [4.69, 9.17) is 0 Å². The van der Waals surface area contributed by atoms with Crippen molar-refractivity contribution >= 4 is 0 Å². The Kier molecular flexibility index (Phi) is 2.53. The summed E-state index contributed by atoms with van der Waals surface area (Å²) in [5.41, 5.74) is 4.72. The van der Waals surface area contributed by atoms with Crippen LogP contribution >= 0.6 is 0 Å². The molecule has 0 unspecified atom stereocenters. The first-order valence-corrected chi connectivity index (χ1v) is 3.95. The molecule has 1 rings (SSSR count). The Morgan fingerprint density at radius 2 is 2.50 bits per heavy atom. The van der Waals surface area contributed by atoms with Crippen LogP contribution in [0.2, 0.25) is 0 Å². The van der Waals surface area contributed by atoms with Gasteiger partial charge < -0.3 is 0 Å². The lowest BCUT2D eigenvalue weighted by atomic mass is 9.95. The first kappa shape index (κ1) is 7.37. The third kappa shape index (κ3) is 1.62. The lowest BCUT2D eigenvalue weighted by Crippen LogP contribution is -1.96. The van der Waals surface area contributed by atoms with Gasteiger partial charge in [0.2, 0.25) is 0 Å². The van der Waals surface area contributed by atoms with Crippen molar-refractivity contribution in [3.63, 3.8) is 0 Å². The van der Waals surface area contributed by atoms with Crippen LogP contribution in [0.3, 0.4) is 0 Å². The van der Waals surface area contributed by atoms with Crippen molar-refractivity contribution < 1.29 is 0 Å². The van der Waals surface area contributed by atoms with Gasteiger partial charge in [0.25, 0.3) is 0 Å². The van der Waals surface area contributed by atoms with E-state index in [0.29, 0.717) is 5.92 Å². The zero-order valence-electron chi connectivity index (χ0n) is 6.72. The molecule has 0 heterocycles. The number of hydrogen-bond acceptors (Lipinski definition) is 0. The summed E-state index contributed by atoms with van der Waals surface area (Å²) in [5, 5.41) is 0. The number of rotatable bonds is 2. The van der Waals surface area contributed by atoms with Gasteiger partial charge in [0.15, 0.2) is 0 Å². The van der Waals surface area contributed by atoms with Gasteiger partial charge in [-0.05, 0) is 30.4 Å². The molecule has 0 spiro atoms. The fraction of sp³-hybridized carbons (Fsp3) is 0.500. The number of allylic oxidation sites excluding steroid dienone is 3. The van der Waals surface area contributed by atoms with E-state index in [9.17, 15) is 0 Å². The van der Waals surface area contributed by atoms with Gasteiger partial charge in [-0.3, -0.25) is 0 Å². The Balaban J connectivity index is 2.65. The highest BCUT2D eigenvalue weighted by molar-refractivity contribution is 5.19. The Bertz CT molecular complexity index is 190.